The Morgan fingerprint density at radius 2 is 2.00 bits per heavy atom. The van der Waals surface area contributed by atoms with Crippen molar-refractivity contribution in [1.82, 2.24) is 9.78 Å². The van der Waals surface area contributed by atoms with Gasteiger partial charge in [0.15, 0.2) is 0 Å². The molecule has 4 nitrogen and oxygen atoms in total. The number of hydrogen-bond acceptors (Lipinski definition) is 2. The van der Waals surface area contributed by atoms with Gasteiger partial charge in [-0.15, -0.1) is 0 Å². The summed E-state index contributed by atoms with van der Waals surface area (Å²) in [5.41, 5.74) is 5.99. The summed E-state index contributed by atoms with van der Waals surface area (Å²) in [5.74, 6) is -0.0583. The third-order valence-corrected chi connectivity index (χ3v) is 4.38. The van der Waals surface area contributed by atoms with E-state index in [0.717, 1.165) is 29.9 Å². The number of anilines is 1. The van der Waals surface area contributed by atoms with E-state index in [4.69, 9.17) is 0 Å². The molecule has 110 valence electrons. The first-order chi connectivity index (χ1) is 10.1. The van der Waals surface area contributed by atoms with E-state index in [1.165, 1.54) is 24.0 Å². The second kappa shape index (κ2) is 5.35. The van der Waals surface area contributed by atoms with Gasteiger partial charge in [0.05, 0.1) is 11.3 Å². The average Bonchev–Trinajstić information content (AvgIpc) is 2.72. The SMILES string of the molecule is Cc1nn(C)c(C)c1C(=O)Nc1cccc2c1CCCC2. The smallest absolute Gasteiger partial charge is 0.259 e. The van der Waals surface area contributed by atoms with Crippen LogP contribution >= 0.6 is 0 Å². The number of carbonyl (C=O) groups is 1. The lowest BCUT2D eigenvalue weighted by atomic mass is 9.90. The lowest BCUT2D eigenvalue weighted by Gasteiger charge is -2.19. The molecule has 0 fully saturated rings. The summed E-state index contributed by atoms with van der Waals surface area (Å²) in [6.45, 7) is 3.80. The predicted molar refractivity (Wildman–Crippen MR) is 83.7 cm³/mol. The Hall–Kier alpha value is -2.10. The van der Waals surface area contributed by atoms with E-state index in [2.05, 4.69) is 16.5 Å². The minimum atomic E-state index is -0.0583. The quantitative estimate of drug-likeness (QED) is 0.920. The molecule has 3 rings (SSSR count). The standard InChI is InChI=1S/C17H21N3O/c1-11-16(12(2)20(3)19-11)17(21)18-15-10-6-8-13-7-4-5-9-14(13)15/h6,8,10H,4-5,7,9H2,1-3H3,(H,18,21). The van der Waals surface area contributed by atoms with Gasteiger partial charge in [0.1, 0.15) is 0 Å². The number of nitrogens with one attached hydrogen (secondary N) is 1. The van der Waals surface area contributed by atoms with Crippen molar-refractivity contribution in [1.29, 1.82) is 0 Å². The number of nitrogens with zero attached hydrogens (tertiary/aromatic N) is 2. The highest BCUT2D eigenvalue weighted by Crippen LogP contribution is 2.28. The Balaban J connectivity index is 1.92. The van der Waals surface area contributed by atoms with Gasteiger partial charge in [-0.05, 0) is 56.7 Å². The van der Waals surface area contributed by atoms with Crippen LogP contribution < -0.4 is 5.32 Å². The maximum atomic E-state index is 12.6. The zero-order chi connectivity index (χ0) is 15.0. The molecule has 2 aromatic rings. The second-order valence-corrected chi connectivity index (χ2v) is 5.77. The molecule has 1 N–H and O–H groups in total. The molecule has 0 atom stereocenters. The van der Waals surface area contributed by atoms with Crippen LogP contribution in [0.25, 0.3) is 0 Å². The highest BCUT2D eigenvalue weighted by Gasteiger charge is 2.19. The van der Waals surface area contributed by atoms with Crippen LogP contribution in [0.15, 0.2) is 18.2 Å². The van der Waals surface area contributed by atoms with E-state index < -0.39 is 0 Å². The van der Waals surface area contributed by atoms with E-state index in [0.29, 0.717) is 5.56 Å². The van der Waals surface area contributed by atoms with Crippen molar-refractivity contribution in [3.63, 3.8) is 0 Å². The van der Waals surface area contributed by atoms with Crippen molar-refractivity contribution in [2.45, 2.75) is 39.5 Å². The molecule has 0 saturated heterocycles. The van der Waals surface area contributed by atoms with Gasteiger partial charge in [-0.25, -0.2) is 0 Å². The molecular weight excluding hydrogens is 262 g/mol. The predicted octanol–water partition coefficient (Wildman–Crippen LogP) is 3.17. The fraction of sp³-hybridized carbons (Fsp3) is 0.412. The molecule has 1 aliphatic carbocycles. The number of hydrogen-bond donors (Lipinski definition) is 1. The number of aryl methyl sites for hydroxylation is 3. The topological polar surface area (TPSA) is 46.9 Å². The fourth-order valence-corrected chi connectivity index (χ4v) is 3.19. The summed E-state index contributed by atoms with van der Waals surface area (Å²) in [6, 6.07) is 6.20. The Morgan fingerprint density at radius 1 is 1.24 bits per heavy atom. The van der Waals surface area contributed by atoms with E-state index >= 15 is 0 Å². The van der Waals surface area contributed by atoms with Gasteiger partial charge in [-0.1, -0.05) is 12.1 Å². The maximum Gasteiger partial charge on any atom is 0.259 e. The number of fused-ring (bicyclic) bond motifs is 1. The molecular formula is C17H21N3O. The summed E-state index contributed by atoms with van der Waals surface area (Å²) >= 11 is 0. The Kier molecular flexibility index (Phi) is 3.53. The molecule has 1 aromatic heterocycles. The van der Waals surface area contributed by atoms with Gasteiger partial charge in [-0.2, -0.15) is 5.10 Å². The molecule has 1 heterocycles. The summed E-state index contributed by atoms with van der Waals surface area (Å²) < 4.78 is 1.75. The zero-order valence-corrected chi connectivity index (χ0v) is 12.9. The molecule has 0 radical (unpaired) electrons. The lowest BCUT2D eigenvalue weighted by Crippen LogP contribution is -2.17. The minimum absolute atomic E-state index is 0.0583. The fourth-order valence-electron chi connectivity index (χ4n) is 3.19. The molecule has 21 heavy (non-hydrogen) atoms. The number of benzene rings is 1. The third-order valence-electron chi connectivity index (χ3n) is 4.38. The summed E-state index contributed by atoms with van der Waals surface area (Å²) in [6.07, 6.45) is 4.61. The second-order valence-electron chi connectivity index (χ2n) is 5.77. The van der Waals surface area contributed by atoms with Crippen LogP contribution in [0.4, 0.5) is 5.69 Å². The van der Waals surface area contributed by atoms with Crippen molar-refractivity contribution < 1.29 is 4.79 Å². The first-order valence-corrected chi connectivity index (χ1v) is 7.50. The Bertz CT molecular complexity index is 700. The highest BCUT2D eigenvalue weighted by atomic mass is 16.1. The van der Waals surface area contributed by atoms with Crippen LogP contribution in [0.3, 0.4) is 0 Å². The van der Waals surface area contributed by atoms with Gasteiger partial charge in [-0.3, -0.25) is 9.48 Å². The van der Waals surface area contributed by atoms with Crippen LogP contribution in [0.5, 0.6) is 0 Å². The van der Waals surface area contributed by atoms with Crippen molar-refractivity contribution in [3.05, 3.63) is 46.3 Å². The first kappa shape index (κ1) is 13.9. The van der Waals surface area contributed by atoms with Gasteiger partial charge in [0.2, 0.25) is 0 Å². The summed E-state index contributed by atoms with van der Waals surface area (Å²) in [4.78, 5) is 12.6. The van der Waals surface area contributed by atoms with E-state index in [1.54, 1.807) is 4.68 Å². The zero-order valence-electron chi connectivity index (χ0n) is 12.9. The van der Waals surface area contributed by atoms with E-state index in [9.17, 15) is 4.79 Å². The van der Waals surface area contributed by atoms with Crippen molar-refractivity contribution in [2.24, 2.45) is 7.05 Å². The molecule has 4 heteroatoms. The number of carbonyl (C=O) groups excluding carboxylic acids is 1. The van der Waals surface area contributed by atoms with Gasteiger partial charge in [0, 0.05) is 18.4 Å². The van der Waals surface area contributed by atoms with Crippen molar-refractivity contribution >= 4 is 11.6 Å². The largest absolute Gasteiger partial charge is 0.322 e. The monoisotopic (exact) mass is 283 g/mol. The number of aromatic nitrogens is 2. The molecule has 0 aliphatic heterocycles. The van der Waals surface area contributed by atoms with Gasteiger partial charge < -0.3 is 5.32 Å². The maximum absolute atomic E-state index is 12.6. The average molecular weight is 283 g/mol. The molecule has 0 spiro atoms. The molecule has 0 saturated carbocycles. The molecule has 1 amide bonds. The minimum Gasteiger partial charge on any atom is -0.322 e. The van der Waals surface area contributed by atoms with Gasteiger partial charge >= 0.3 is 0 Å². The molecule has 1 aliphatic rings. The van der Waals surface area contributed by atoms with Crippen LogP contribution in [0.2, 0.25) is 0 Å². The lowest BCUT2D eigenvalue weighted by molar-refractivity contribution is 0.102. The van der Waals surface area contributed by atoms with Gasteiger partial charge in [0.25, 0.3) is 5.91 Å². The normalized spacial score (nSPS) is 13.9. The molecule has 0 bridgehead atoms. The van der Waals surface area contributed by atoms with Crippen LogP contribution in [-0.2, 0) is 19.9 Å². The third kappa shape index (κ3) is 2.46. The van der Waals surface area contributed by atoms with Crippen LogP contribution in [-0.4, -0.2) is 15.7 Å². The van der Waals surface area contributed by atoms with Crippen LogP contribution in [0, 0.1) is 13.8 Å². The summed E-state index contributed by atoms with van der Waals surface area (Å²) in [7, 11) is 1.86. The van der Waals surface area contributed by atoms with Crippen LogP contribution in [0.1, 0.15) is 45.7 Å². The highest BCUT2D eigenvalue weighted by molar-refractivity contribution is 6.06. The Morgan fingerprint density at radius 3 is 2.71 bits per heavy atom. The summed E-state index contributed by atoms with van der Waals surface area (Å²) in [5, 5.41) is 7.41. The van der Waals surface area contributed by atoms with Crippen molar-refractivity contribution in [2.75, 3.05) is 5.32 Å². The number of rotatable bonds is 2. The first-order valence-electron chi connectivity index (χ1n) is 7.50. The number of amides is 1. The van der Waals surface area contributed by atoms with E-state index in [-0.39, 0.29) is 5.91 Å². The molecule has 0 unspecified atom stereocenters. The van der Waals surface area contributed by atoms with Crippen molar-refractivity contribution in [3.8, 4) is 0 Å². The molecule has 1 aromatic carbocycles. The van der Waals surface area contributed by atoms with E-state index in [1.807, 2.05) is 33.0 Å². The Labute approximate surface area is 125 Å².